The SMILES string of the molecule is CN1[C]=NS(=O)(=O)N=C1N. The highest BCUT2D eigenvalue weighted by Gasteiger charge is 2.14. The minimum absolute atomic E-state index is 0.130. The summed E-state index contributed by atoms with van der Waals surface area (Å²) in [6.07, 6.45) is 2.14. The summed E-state index contributed by atoms with van der Waals surface area (Å²) < 4.78 is 27.0. The van der Waals surface area contributed by atoms with Crippen molar-refractivity contribution in [2.45, 2.75) is 0 Å². The maximum Gasteiger partial charge on any atom is 0.368 e. The number of guanidine groups is 1. The molecule has 1 aliphatic heterocycles. The molecule has 1 radical (unpaired) electrons. The van der Waals surface area contributed by atoms with Gasteiger partial charge in [0.1, 0.15) is 0 Å². The maximum absolute atomic E-state index is 10.5. The van der Waals surface area contributed by atoms with Gasteiger partial charge in [0, 0.05) is 7.05 Å². The van der Waals surface area contributed by atoms with Crippen molar-refractivity contribution < 1.29 is 8.42 Å². The molecule has 7 heteroatoms. The third kappa shape index (κ3) is 1.24. The molecule has 0 aliphatic carbocycles. The van der Waals surface area contributed by atoms with E-state index in [1.165, 1.54) is 11.9 Å². The molecule has 0 aromatic heterocycles. The van der Waals surface area contributed by atoms with Crippen LogP contribution in [0.2, 0.25) is 0 Å². The van der Waals surface area contributed by atoms with Crippen molar-refractivity contribution in [1.82, 2.24) is 4.90 Å². The van der Waals surface area contributed by atoms with E-state index < -0.39 is 10.2 Å². The van der Waals surface area contributed by atoms with Gasteiger partial charge in [-0.15, -0.1) is 8.80 Å². The molecule has 0 amide bonds. The number of hydrogen-bond acceptors (Lipinski definition) is 4. The van der Waals surface area contributed by atoms with Gasteiger partial charge in [-0.3, -0.25) is 4.90 Å². The van der Waals surface area contributed by atoms with E-state index in [-0.39, 0.29) is 5.96 Å². The molecule has 55 valence electrons. The lowest BCUT2D eigenvalue weighted by Gasteiger charge is -2.11. The maximum atomic E-state index is 10.5. The Morgan fingerprint density at radius 1 is 1.70 bits per heavy atom. The van der Waals surface area contributed by atoms with E-state index in [4.69, 9.17) is 5.73 Å². The van der Waals surface area contributed by atoms with E-state index in [0.29, 0.717) is 0 Å². The molecule has 6 nitrogen and oxygen atoms in total. The Labute approximate surface area is 58.2 Å². The predicted octanol–water partition coefficient (Wildman–Crippen LogP) is -1.60. The highest BCUT2D eigenvalue weighted by Crippen LogP contribution is 1.98. The summed E-state index contributed by atoms with van der Waals surface area (Å²) in [7, 11) is -2.23. The number of hydrogen-bond donors (Lipinski definition) is 1. The summed E-state index contributed by atoms with van der Waals surface area (Å²) in [6.45, 7) is 0. The molecule has 0 saturated carbocycles. The molecule has 0 aromatic carbocycles. The normalized spacial score (nSPS) is 22.5. The topological polar surface area (TPSA) is 88.1 Å². The Kier molecular flexibility index (Phi) is 1.36. The van der Waals surface area contributed by atoms with Gasteiger partial charge in [0.05, 0.1) is 0 Å². The van der Waals surface area contributed by atoms with Crippen LogP contribution in [0.4, 0.5) is 0 Å². The molecule has 0 atom stereocenters. The minimum Gasteiger partial charge on any atom is -0.369 e. The van der Waals surface area contributed by atoms with Gasteiger partial charge >= 0.3 is 10.2 Å². The average Bonchev–Trinajstić information content (AvgIpc) is 1.79. The first-order chi connectivity index (χ1) is 4.51. The zero-order valence-corrected chi connectivity index (χ0v) is 5.96. The highest BCUT2D eigenvalue weighted by molar-refractivity contribution is 7.89. The third-order valence-corrected chi connectivity index (χ3v) is 1.59. The van der Waals surface area contributed by atoms with E-state index in [1.807, 2.05) is 0 Å². The number of rotatable bonds is 0. The van der Waals surface area contributed by atoms with Crippen LogP contribution in [0.3, 0.4) is 0 Å². The second kappa shape index (κ2) is 1.94. The van der Waals surface area contributed by atoms with Crippen LogP contribution in [-0.2, 0) is 10.2 Å². The minimum atomic E-state index is -3.73. The molecule has 1 aliphatic rings. The summed E-state index contributed by atoms with van der Waals surface area (Å²) in [5.41, 5.74) is 5.13. The van der Waals surface area contributed by atoms with E-state index in [9.17, 15) is 8.42 Å². The van der Waals surface area contributed by atoms with Crippen molar-refractivity contribution in [3.8, 4) is 0 Å². The fourth-order valence-electron chi connectivity index (χ4n) is 0.364. The summed E-state index contributed by atoms with van der Waals surface area (Å²) in [6, 6.07) is 0. The zero-order valence-electron chi connectivity index (χ0n) is 5.14. The van der Waals surface area contributed by atoms with Gasteiger partial charge in [0.25, 0.3) is 0 Å². The van der Waals surface area contributed by atoms with Crippen molar-refractivity contribution in [1.29, 1.82) is 0 Å². The lowest BCUT2D eigenvalue weighted by molar-refractivity contribution is 0.595. The van der Waals surface area contributed by atoms with E-state index in [2.05, 4.69) is 15.1 Å². The van der Waals surface area contributed by atoms with Gasteiger partial charge in [-0.2, -0.15) is 8.42 Å². The molecule has 0 saturated heterocycles. The van der Waals surface area contributed by atoms with Gasteiger partial charge in [-0.05, 0) is 0 Å². The summed E-state index contributed by atoms with van der Waals surface area (Å²) in [5.74, 6) is -0.130. The van der Waals surface area contributed by atoms with Crippen LogP contribution in [-0.4, -0.2) is 32.7 Å². The fraction of sp³-hybridized carbons (Fsp3) is 0.333. The molecular formula is C3H5N4O2S. The van der Waals surface area contributed by atoms with E-state index >= 15 is 0 Å². The summed E-state index contributed by atoms with van der Waals surface area (Å²) in [5, 5.41) is 0. The van der Waals surface area contributed by atoms with Gasteiger partial charge in [0.2, 0.25) is 5.96 Å². The molecule has 0 fully saturated rings. The second-order valence-electron chi connectivity index (χ2n) is 1.65. The van der Waals surface area contributed by atoms with Crippen molar-refractivity contribution in [3.05, 3.63) is 0 Å². The van der Waals surface area contributed by atoms with Crippen LogP contribution >= 0.6 is 0 Å². The van der Waals surface area contributed by atoms with Gasteiger partial charge in [0.15, 0.2) is 6.34 Å². The smallest absolute Gasteiger partial charge is 0.368 e. The van der Waals surface area contributed by atoms with Crippen LogP contribution in [0, 0.1) is 0 Å². The zero-order chi connectivity index (χ0) is 7.78. The Balaban J connectivity index is 3.08. The largest absolute Gasteiger partial charge is 0.369 e. The van der Waals surface area contributed by atoms with Crippen LogP contribution < -0.4 is 5.73 Å². The molecular weight excluding hydrogens is 156 g/mol. The molecule has 0 aromatic rings. The molecule has 2 N–H and O–H groups in total. The highest BCUT2D eigenvalue weighted by atomic mass is 32.2. The predicted molar refractivity (Wildman–Crippen MR) is 35.7 cm³/mol. The Morgan fingerprint density at radius 3 is 2.70 bits per heavy atom. The summed E-state index contributed by atoms with van der Waals surface area (Å²) in [4.78, 5) is 1.18. The number of nitrogens with zero attached hydrogens (tertiary/aromatic N) is 3. The molecule has 0 spiro atoms. The van der Waals surface area contributed by atoms with Crippen LogP contribution in [0.25, 0.3) is 0 Å². The fourth-order valence-corrected chi connectivity index (χ4v) is 0.989. The van der Waals surface area contributed by atoms with Crippen LogP contribution in [0.5, 0.6) is 0 Å². The van der Waals surface area contributed by atoms with Crippen molar-refractivity contribution in [2.24, 2.45) is 14.5 Å². The van der Waals surface area contributed by atoms with Gasteiger partial charge in [-0.1, -0.05) is 0 Å². The van der Waals surface area contributed by atoms with Crippen molar-refractivity contribution in [3.63, 3.8) is 0 Å². The first-order valence-corrected chi connectivity index (χ1v) is 3.73. The van der Waals surface area contributed by atoms with Gasteiger partial charge in [-0.25, -0.2) is 0 Å². The molecule has 10 heavy (non-hydrogen) atoms. The Morgan fingerprint density at radius 2 is 2.30 bits per heavy atom. The lowest BCUT2D eigenvalue weighted by atomic mass is 10.8. The van der Waals surface area contributed by atoms with E-state index in [0.717, 1.165) is 0 Å². The molecule has 1 rings (SSSR count). The Bertz CT molecular complexity index is 290. The number of nitrogens with two attached hydrogens (primary N) is 1. The van der Waals surface area contributed by atoms with Crippen LogP contribution in [0.15, 0.2) is 8.80 Å². The van der Waals surface area contributed by atoms with Crippen LogP contribution in [0.1, 0.15) is 0 Å². The third-order valence-electron chi connectivity index (χ3n) is 0.859. The quantitative estimate of drug-likeness (QED) is 0.463. The van der Waals surface area contributed by atoms with E-state index in [1.54, 1.807) is 0 Å². The molecule has 0 unspecified atom stereocenters. The standard InChI is InChI=1S/C3H5N4O2S/c1-7-2-5-10(8,9)6-3(7)4/h1H3,(H2,4,6). The average molecular weight is 161 g/mol. The molecule has 0 bridgehead atoms. The first kappa shape index (κ1) is 7.00. The first-order valence-electron chi connectivity index (χ1n) is 2.33. The summed E-state index contributed by atoms with van der Waals surface area (Å²) >= 11 is 0. The second-order valence-corrected chi connectivity index (χ2v) is 2.91. The Hall–Kier alpha value is -1.11. The monoisotopic (exact) mass is 161 g/mol. The van der Waals surface area contributed by atoms with Gasteiger partial charge < -0.3 is 5.73 Å². The van der Waals surface area contributed by atoms with Crippen molar-refractivity contribution >= 4 is 22.5 Å². The van der Waals surface area contributed by atoms with Crippen molar-refractivity contribution in [2.75, 3.05) is 7.05 Å². The lowest BCUT2D eigenvalue weighted by Crippen LogP contribution is -2.36. The molecule has 1 heterocycles.